The molecule has 2 N–H and O–H groups in total. The number of nitrogens with zero attached hydrogens (tertiary/aromatic N) is 2. The molecule has 1 heterocycles. The van der Waals surface area contributed by atoms with Gasteiger partial charge in [-0.2, -0.15) is 0 Å². The van der Waals surface area contributed by atoms with Crippen LogP contribution in [0.3, 0.4) is 0 Å². The number of nitrogens with one attached hydrogen (secondary N) is 2. The number of hydrogen-bond donors (Lipinski definition) is 2. The highest BCUT2D eigenvalue weighted by Gasteiger charge is 2.11. The lowest BCUT2D eigenvalue weighted by Crippen LogP contribution is -2.34. The summed E-state index contributed by atoms with van der Waals surface area (Å²) < 4.78 is 5.72. The summed E-state index contributed by atoms with van der Waals surface area (Å²) in [5, 5.41) is 15.1. The van der Waals surface area contributed by atoms with Crippen LogP contribution in [0.1, 0.15) is 42.6 Å². The number of benzene rings is 1. The molecule has 0 fully saturated rings. The van der Waals surface area contributed by atoms with Gasteiger partial charge in [-0.05, 0) is 50.2 Å². The molecule has 1 unspecified atom stereocenters. The first-order chi connectivity index (χ1) is 11.5. The molecule has 0 spiro atoms. The van der Waals surface area contributed by atoms with Gasteiger partial charge in [0.2, 0.25) is 5.13 Å². The molecule has 2 rings (SSSR count). The van der Waals surface area contributed by atoms with Crippen molar-refractivity contribution < 1.29 is 9.53 Å². The van der Waals surface area contributed by atoms with Gasteiger partial charge in [0.1, 0.15) is 10.8 Å². The van der Waals surface area contributed by atoms with E-state index in [1.807, 2.05) is 26.8 Å². The molecule has 6 nitrogen and oxygen atoms in total. The smallest absolute Gasteiger partial charge is 0.257 e. The van der Waals surface area contributed by atoms with E-state index in [1.54, 1.807) is 18.2 Å². The van der Waals surface area contributed by atoms with Crippen LogP contribution in [0.15, 0.2) is 24.3 Å². The third kappa shape index (κ3) is 5.24. The Kier molecular flexibility index (Phi) is 6.62. The largest absolute Gasteiger partial charge is 0.491 e. The molecular weight excluding hydrogens is 344 g/mol. The zero-order valence-corrected chi connectivity index (χ0v) is 15.5. The van der Waals surface area contributed by atoms with Crippen LogP contribution in [0.2, 0.25) is 0 Å². The summed E-state index contributed by atoms with van der Waals surface area (Å²) in [4.78, 5) is 12.3. The molecule has 1 aromatic carbocycles. The molecule has 24 heavy (non-hydrogen) atoms. The van der Waals surface area contributed by atoms with Crippen LogP contribution in [0.4, 0.5) is 5.13 Å². The van der Waals surface area contributed by atoms with E-state index < -0.39 is 0 Å². The summed E-state index contributed by atoms with van der Waals surface area (Å²) in [7, 11) is 0. The molecular formula is C16H20N4O2S2. The topological polar surface area (TPSA) is 76.1 Å². The molecule has 0 bridgehead atoms. The van der Waals surface area contributed by atoms with E-state index >= 15 is 0 Å². The van der Waals surface area contributed by atoms with E-state index in [2.05, 4.69) is 20.8 Å². The second-order valence-corrected chi connectivity index (χ2v) is 6.60. The van der Waals surface area contributed by atoms with Crippen LogP contribution in [0, 0.1) is 0 Å². The molecule has 0 radical (unpaired) electrons. The van der Waals surface area contributed by atoms with Crippen molar-refractivity contribution in [2.75, 3.05) is 5.32 Å². The minimum absolute atomic E-state index is 0.0937. The van der Waals surface area contributed by atoms with Gasteiger partial charge < -0.3 is 10.1 Å². The van der Waals surface area contributed by atoms with Gasteiger partial charge >= 0.3 is 0 Å². The average Bonchev–Trinajstić information content (AvgIpc) is 3.02. The maximum atomic E-state index is 12.3. The third-order valence-electron chi connectivity index (χ3n) is 3.23. The van der Waals surface area contributed by atoms with Crippen molar-refractivity contribution in [1.29, 1.82) is 0 Å². The van der Waals surface area contributed by atoms with E-state index in [-0.39, 0.29) is 17.1 Å². The zero-order chi connectivity index (χ0) is 17.5. The lowest BCUT2D eigenvalue weighted by Gasteiger charge is -2.13. The molecule has 0 aliphatic carbocycles. The van der Waals surface area contributed by atoms with Crippen molar-refractivity contribution >= 4 is 39.7 Å². The second-order valence-electron chi connectivity index (χ2n) is 5.13. The number of rotatable bonds is 6. The van der Waals surface area contributed by atoms with Gasteiger partial charge in [0.25, 0.3) is 5.91 Å². The van der Waals surface area contributed by atoms with Gasteiger partial charge in [-0.1, -0.05) is 31.3 Å². The number of anilines is 1. The molecule has 128 valence electrons. The Labute approximate surface area is 150 Å². The fourth-order valence-corrected chi connectivity index (χ4v) is 2.71. The number of thiocarbonyl (C=S) groups is 1. The van der Waals surface area contributed by atoms with Crippen LogP contribution < -0.4 is 15.4 Å². The van der Waals surface area contributed by atoms with Crippen molar-refractivity contribution in [2.45, 2.75) is 39.7 Å². The van der Waals surface area contributed by atoms with Gasteiger partial charge in [0.05, 0.1) is 6.10 Å². The van der Waals surface area contributed by atoms with Crippen molar-refractivity contribution in [3.8, 4) is 5.75 Å². The number of amides is 1. The molecule has 0 saturated heterocycles. The molecule has 8 heteroatoms. The molecule has 0 saturated carbocycles. The number of aromatic nitrogens is 2. The summed E-state index contributed by atoms with van der Waals surface area (Å²) in [5.41, 5.74) is 0.478. The van der Waals surface area contributed by atoms with E-state index in [4.69, 9.17) is 17.0 Å². The quantitative estimate of drug-likeness (QED) is 0.765. The van der Waals surface area contributed by atoms with Gasteiger partial charge in [0.15, 0.2) is 5.11 Å². The predicted octanol–water partition coefficient (Wildman–Crippen LogP) is 3.40. The number of carbonyl (C=O) groups excluding carboxylic acids is 1. The second kappa shape index (κ2) is 8.70. The lowest BCUT2D eigenvalue weighted by atomic mass is 10.2. The monoisotopic (exact) mass is 364 g/mol. The standard InChI is InChI=1S/C16H20N4O2S2/c1-4-10(3)22-12-8-6-7-11(9-12)14(21)17-15(23)18-16-20-19-13(5-2)24-16/h6-10H,4-5H2,1-3H3,(H2,17,18,20,21,23). The lowest BCUT2D eigenvalue weighted by molar-refractivity contribution is 0.0977. The van der Waals surface area contributed by atoms with Crippen LogP contribution >= 0.6 is 23.6 Å². The SMILES string of the molecule is CCc1nnc(NC(=S)NC(=O)c2cccc(OC(C)CC)c2)s1. The van der Waals surface area contributed by atoms with Gasteiger partial charge in [-0.3, -0.25) is 10.1 Å². The molecule has 1 amide bonds. The zero-order valence-electron chi connectivity index (χ0n) is 13.8. The molecule has 1 atom stereocenters. The minimum atomic E-state index is -0.303. The Balaban J connectivity index is 1.96. The molecule has 1 aromatic heterocycles. The normalized spacial score (nSPS) is 11.6. The van der Waals surface area contributed by atoms with Crippen LogP contribution in [0.25, 0.3) is 0 Å². The first kappa shape index (κ1) is 18.3. The Morgan fingerprint density at radius 1 is 1.38 bits per heavy atom. The minimum Gasteiger partial charge on any atom is -0.491 e. The fraction of sp³-hybridized carbons (Fsp3) is 0.375. The summed E-state index contributed by atoms with van der Waals surface area (Å²) in [5.74, 6) is 0.356. The number of hydrogen-bond acceptors (Lipinski definition) is 6. The molecule has 0 aliphatic rings. The summed E-state index contributed by atoms with van der Waals surface area (Å²) >= 11 is 6.55. The van der Waals surface area contributed by atoms with Crippen molar-refractivity contribution in [2.24, 2.45) is 0 Å². The number of ether oxygens (including phenoxy) is 1. The molecule has 0 aliphatic heterocycles. The number of carbonyl (C=O) groups is 1. The summed E-state index contributed by atoms with van der Waals surface area (Å²) in [6.07, 6.45) is 1.80. The first-order valence-corrected chi connectivity index (χ1v) is 8.95. The van der Waals surface area contributed by atoms with Crippen LogP contribution in [0.5, 0.6) is 5.75 Å². The van der Waals surface area contributed by atoms with Crippen LogP contribution in [-0.2, 0) is 6.42 Å². The Bertz CT molecular complexity index is 718. The van der Waals surface area contributed by atoms with E-state index in [1.165, 1.54) is 11.3 Å². The average molecular weight is 364 g/mol. The van der Waals surface area contributed by atoms with Crippen molar-refractivity contribution in [1.82, 2.24) is 15.5 Å². The highest BCUT2D eigenvalue weighted by Crippen LogP contribution is 2.17. The van der Waals surface area contributed by atoms with E-state index in [0.717, 1.165) is 17.8 Å². The maximum Gasteiger partial charge on any atom is 0.257 e. The van der Waals surface area contributed by atoms with Crippen molar-refractivity contribution in [3.05, 3.63) is 34.8 Å². The fourth-order valence-electron chi connectivity index (χ4n) is 1.78. The highest BCUT2D eigenvalue weighted by molar-refractivity contribution is 7.80. The predicted molar refractivity (Wildman–Crippen MR) is 99.8 cm³/mol. The number of aryl methyl sites for hydroxylation is 1. The van der Waals surface area contributed by atoms with Gasteiger partial charge in [-0.25, -0.2) is 0 Å². The van der Waals surface area contributed by atoms with Crippen LogP contribution in [-0.4, -0.2) is 27.3 Å². The third-order valence-corrected chi connectivity index (χ3v) is 4.41. The summed E-state index contributed by atoms with van der Waals surface area (Å²) in [6, 6.07) is 7.01. The van der Waals surface area contributed by atoms with Gasteiger partial charge in [0, 0.05) is 5.56 Å². The highest BCUT2D eigenvalue weighted by atomic mass is 32.1. The van der Waals surface area contributed by atoms with Gasteiger partial charge in [-0.15, -0.1) is 10.2 Å². The Morgan fingerprint density at radius 2 is 2.17 bits per heavy atom. The maximum absolute atomic E-state index is 12.3. The Morgan fingerprint density at radius 3 is 2.83 bits per heavy atom. The first-order valence-electron chi connectivity index (χ1n) is 7.73. The van der Waals surface area contributed by atoms with E-state index in [9.17, 15) is 4.79 Å². The Hall–Kier alpha value is -2.06. The summed E-state index contributed by atoms with van der Waals surface area (Å²) in [6.45, 7) is 6.03. The van der Waals surface area contributed by atoms with E-state index in [0.29, 0.717) is 16.4 Å². The van der Waals surface area contributed by atoms with Crippen molar-refractivity contribution in [3.63, 3.8) is 0 Å². The molecule has 2 aromatic rings.